The summed E-state index contributed by atoms with van der Waals surface area (Å²) >= 11 is 0. The van der Waals surface area contributed by atoms with Gasteiger partial charge in [0.1, 0.15) is 5.75 Å². The average molecular weight is 291 g/mol. The molecule has 2 amide bonds. The molecule has 1 heterocycles. The van der Waals surface area contributed by atoms with Crippen molar-refractivity contribution >= 4 is 11.7 Å². The van der Waals surface area contributed by atoms with Crippen molar-refractivity contribution in [3.05, 3.63) is 24.3 Å². The normalized spacial score (nSPS) is 16.5. The van der Waals surface area contributed by atoms with E-state index in [-0.39, 0.29) is 6.03 Å². The molecule has 2 N–H and O–H groups in total. The highest BCUT2D eigenvalue weighted by Crippen LogP contribution is 2.16. The number of amides is 2. The molecule has 0 aliphatic carbocycles. The number of urea groups is 1. The molecule has 0 saturated carbocycles. The van der Waals surface area contributed by atoms with E-state index in [4.69, 9.17) is 4.74 Å². The van der Waals surface area contributed by atoms with Crippen molar-refractivity contribution in [3.8, 4) is 5.75 Å². The zero-order valence-corrected chi connectivity index (χ0v) is 12.9. The van der Waals surface area contributed by atoms with Crippen molar-refractivity contribution in [1.29, 1.82) is 0 Å². The van der Waals surface area contributed by atoms with Gasteiger partial charge in [-0.25, -0.2) is 4.79 Å². The van der Waals surface area contributed by atoms with E-state index in [1.54, 1.807) is 0 Å². The summed E-state index contributed by atoms with van der Waals surface area (Å²) in [4.78, 5) is 14.2. The standard InChI is InChI=1S/C16H25N3O2/c1-3-21-15-6-4-14(5-7-15)18-16(20)17-12-13-8-10-19(2)11-9-13/h4-7,13H,3,8-12H2,1-2H3,(H2,17,18,20). The number of anilines is 1. The van der Waals surface area contributed by atoms with Crippen LogP contribution in [0.1, 0.15) is 19.8 Å². The molecule has 0 spiro atoms. The van der Waals surface area contributed by atoms with E-state index in [0.717, 1.165) is 43.9 Å². The third-order valence-electron chi connectivity index (χ3n) is 3.81. The number of hydrogen-bond donors (Lipinski definition) is 2. The van der Waals surface area contributed by atoms with Crippen LogP contribution in [0, 0.1) is 5.92 Å². The Morgan fingerprint density at radius 3 is 2.57 bits per heavy atom. The van der Waals surface area contributed by atoms with Gasteiger partial charge < -0.3 is 20.3 Å². The van der Waals surface area contributed by atoms with E-state index in [9.17, 15) is 4.79 Å². The molecule has 0 radical (unpaired) electrons. The van der Waals surface area contributed by atoms with E-state index in [1.807, 2.05) is 31.2 Å². The topological polar surface area (TPSA) is 53.6 Å². The molecular weight excluding hydrogens is 266 g/mol. The highest BCUT2D eigenvalue weighted by molar-refractivity contribution is 5.89. The molecule has 21 heavy (non-hydrogen) atoms. The smallest absolute Gasteiger partial charge is 0.319 e. The maximum absolute atomic E-state index is 11.9. The second kappa shape index (κ2) is 7.88. The summed E-state index contributed by atoms with van der Waals surface area (Å²) in [5, 5.41) is 5.80. The van der Waals surface area contributed by atoms with Gasteiger partial charge in [-0.2, -0.15) is 0 Å². The molecule has 1 aliphatic heterocycles. The number of piperidine rings is 1. The first-order valence-electron chi connectivity index (χ1n) is 7.63. The number of nitrogens with one attached hydrogen (secondary N) is 2. The second-order valence-corrected chi connectivity index (χ2v) is 5.54. The van der Waals surface area contributed by atoms with Crippen LogP contribution in [-0.4, -0.2) is 44.2 Å². The second-order valence-electron chi connectivity index (χ2n) is 5.54. The number of carbonyl (C=O) groups excluding carboxylic acids is 1. The van der Waals surface area contributed by atoms with Crippen LogP contribution in [0.4, 0.5) is 10.5 Å². The van der Waals surface area contributed by atoms with Gasteiger partial charge in [0, 0.05) is 12.2 Å². The molecule has 2 rings (SSSR count). The van der Waals surface area contributed by atoms with Gasteiger partial charge in [0.25, 0.3) is 0 Å². The number of rotatable bonds is 5. The minimum atomic E-state index is -0.141. The lowest BCUT2D eigenvalue weighted by atomic mass is 9.97. The van der Waals surface area contributed by atoms with Gasteiger partial charge in [-0.3, -0.25) is 0 Å². The molecule has 1 saturated heterocycles. The molecular formula is C16H25N3O2. The van der Waals surface area contributed by atoms with Gasteiger partial charge in [0.2, 0.25) is 0 Å². The van der Waals surface area contributed by atoms with Crippen molar-refractivity contribution in [1.82, 2.24) is 10.2 Å². The summed E-state index contributed by atoms with van der Waals surface area (Å²) in [5.41, 5.74) is 0.777. The molecule has 1 aromatic rings. The number of hydrogen-bond acceptors (Lipinski definition) is 3. The Hall–Kier alpha value is -1.75. The molecule has 5 heteroatoms. The summed E-state index contributed by atoms with van der Waals surface area (Å²) in [5.74, 6) is 1.40. The van der Waals surface area contributed by atoms with Gasteiger partial charge in [0.05, 0.1) is 6.61 Å². The Morgan fingerprint density at radius 1 is 1.29 bits per heavy atom. The fourth-order valence-corrected chi connectivity index (χ4v) is 2.48. The van der Waals surface area contributed by atoms with Gasteiger partial charge in [-0.05, 0) is 70.1 Å². The van der Waals surface area contributed by atoms with E-state index < -0.39 is 0 Å². The van der Waals surface area contributed by atoms with Gasteiger partial charge >= 0.3 is 6.03 Å². The van der Waals surface area contributed by atoms with Crippen LogP contribution < -0.4 is 15.4 Å². The quantitative estimate of drug-likeness (QED) is 0.876. The SMILES string of the molecule is CCOc1ccc(NC(=O)NCC2CCN(C)CC2)cc1. The van der Waals surface area contributed by atoms with E-state index in [0.29, 0.717) is 12.5 Å². The maximum atomic E-state index is 11.9. The summed E-state index contributed by atoms with van der Waals surface area (Å²) in [6.07, 6.45) is 2.31. The molecule has 0 bridgehead atoms. The van der Waals surface area contributed by atoms with E-state index >= 15 is 0 Å². The zero-order chi connectivity index (χ0) is 15.1. The predicted octanol–water partition coefficient (Wildman–Crippen LogP) is 2.55. The largest absolute Gasteiger partial charge is 0.494 e. The van der Waals surface area contributed by atoms with Crippen LogP contribution in [-0.2, 0) is 0 Å². The van der Waals surface area contributed by atoms with Crippen LogP contribution in [0.25, 0.3) is 0 Å². The molecule has 1 aliphatic rings. The van der Waals surface area contributed by atoms with Crippen molar-refractivity contribution in [2.24, 2.45) is 5.92 Å². The highest BCUT2D eigenvalue weighted by atomic mass is 16.5. The van der Waals surface area contributed by atoms with Crippen molar-refractivity contribution in [3.63, 3.8) is 0 Å². The predicted molar refractivity (Wildman–Crippen MR) is 84.9 cm³/mol. The number of benzene rings is 1. The number of nitrogens with zero attached hydrogens (tertiary/aromatic N) is 1. The highest BCUT2D eigenvalue weighted by Gasteiger charge is 2.17. The Morgan fingerprint density at radius 2 is 1.95 bits per heavy atom. The summed E-state index contributed by atoms with van der Waals surface area (Å²) in [6.45, 7) is 5.57. The Labute approximate surface area is 126 Å². The maximum Gasteiger partial charge on any atom is 0.319 e. The minimum Gasteiger partial charge on any atom is -0.494 e. The van der Waals surface area contributed by atoms with E-state index in [1.165, 1.54) is 0 Å². The monoisotopic (exact) mass is 291 g/mol. The third kappa shape index (κ3) is 5.27. The molecule has 116 valence electrons. The third-order valence-corrected chi connectivity index (χ3v) is 3.81. The van der Waals surface area contributed by atoms with Crippen molar-refractivity contribution in [2.45, 2.75) is 19.8 Å². The lowest BCUT2D eigenvalue weighted by Gasteiger charge is -2.28. The lowest BCUT2D eigenvalue weighted by molar-refractivity contribution is 0.213. The molecule has 0 unspecified atom stereocenters. The van der Waals surface area contributed by atoms with Gasteiger partial charge in [-0.1, -0.05) is 0 Å². The zero-order valence-electron chi connectivity index (χ0n) is 12.9. The van der Waals surface area contributed by atoms with Gasteiger partial charge in [0.15, 0.2) is 0 Å². The first-order chi connectivity index (χ1) is 10.2. The fraction of sp³-hybridized carbons (Fsp3) is 0.562. The lowest BCUT2D eigenvalue weighted by Crippen LogP contribution is -2.38. The van der Waals surface area contributed by atoms with Crippen LogP contribution in [0.5, 0.6) is 5.75 Å². The molecule has 5 nitrogen and oxygen atoms in total. The fourth-order valence-electron chi connectivity index (χ4n) is 2.48. The first kappa shape index (κ1) is 15.6. The van der Waals surface area contributed by atoms with Crippen molar-refractivity contribution < 1.29 is 9.53 Å². The molecule has 1 aromatic carbocycles. The number of ether oxygens (including phenoxy) is 1. The molecule has 1 fully saturated rings. The number of carbonyl (C=O) groups is 1. The minimum absolute atomic E-state index is 0.141. The Balaban J connectivity index is 1.71. The number of likely N-dealkylation sites (tertiary alicyclic amines) is 1. The Kier molecular flexibility index (Phi) is 5.87. The van der Waals surface area contributed by atoms with Crippen LogP contribution in [0.3, 0.4) is 0 Å². The van der Waals surface area contributed by atoms with Crippen LogP contribution >= 0.6 is 0 Å². The summed E-state index contributed by atoms with van der Waals surface area (Å²) < 4.78 is 5.37. The average Bonchev–Trinajstić information content (AvgIpc) is 2.49. The van der Waals surface area contributed by atoms with Crippen molar-refractivity contribution in [2.75, 3.05) is 38.6 Å². The molecule has 0 aromatic heterocycles. The van der Waals surface area contributed by atoms with E-state index in [2.05, 4.69) is 22.6 Å². The molecule has 0 atom stereocenters. The Bertz CT molecular complexity index is 439. The summed E-state index contributed by atoms with van der Waals surface area (Å²) in [7, 11) is 2.14. The van der Waals surface area contributed by atoms with Crippen LogP contribution in [0.2, 0.25) is 0 Å². The van der Waals surface area contributed by atoms with Gasteiger partial charge in [-0.15, -0.1) is 0 Å². The van der Waals surface area contributed by atoms with Crippen LogP contribution in [0.15, 0.2) is 24.3 Å². The summed E-state index contributed by atoms with van der Waals surface area (Å²) in [6, 6.07) is 7.27. The first-order valence-corrected chi connectivity index (χ1v) is 7.63.